The van der Waals surface area contributed by atoms with Crippen LogP contribution in [-0.4, -0.2) is 58.9 Å². The molecule has 1 saturated heterocycles. The fraction of sp³-hybridized carbons (Fsp3) is 0.583. The minimum Gasteiger partial charge on any atom is -0.480 e. The Morgan fingerprint density at radius 3 is 2.50 bits per heavy atom. The fourth-order valence-electron chi connectivity index (χ4n) is 2.04. The van der Waals surface area contributed by atoms with Crippen LogP contribution in [0.4, 0.5) is 5.82 Å². The summed E-state index contributed by atoms with van der Waals surface area (Å²) >= 11 is 0. The number of piperazine rings is 1. The van der Waals surface area contributed by atoms with Gasteiger partial charge in [-0.05, 0) is 18.6 Å². The minimum atomic E-state index is -0.768. The molecule has 6 heteroatoms. The van der Waals surface area contributed by atoms with E-state index < -0.39 is 5.97 Å². The summed E-state index contributed by atoms with van der Waals surface area (Å²) in [6, 6.07) is 3.98. The number of anilines is 1. The van der Waals surface area contributed by atoms with Crippen LogP contribution in [0.25, 0.3) is 0 Å². The van der Waals surface area contributed by atoms with Gasteiger partial charge in [0.2, 0.25) is 0 Å². The van der Waals surface area contributed by atoms with Crippen LogP contribution in [0.15, 0.2) is 12.1 Å². The Balaban J connectivity index is 1.90. The number of hydrogen-bond acceptors (Lipinski definition) is 5. The number of carboxylic acids is 1. The molecule has 0 aliphatic carbocycles. The summed E-state index contributed by atoms with van der Waals surface area (Å²) in [6.45, 7) is 5.27. The SMILES string of the molecule is CCc1ccc(N2CCN(CC(=O)O)CC2)nn1. The molecule has 2 rings (SSSR count). The molecule has 2 heterocycles. The van der Waals surface area contributed by atoms with Gasteiger partial charge in [-0.1, -0.05) is 6.92 Å². The van der Waals surface area contributed by atoms with Gasteiger partial charge in [0.15, 0.2) is 5.82 Å². The predicted octanol–water partition coefficient (Wildman–Crippen LogP) is 0.246. The molecule has 0 radical (unpaired) electrons. The summed E-state index contributed by atoms with van der Waals surface area (Å²) in [6.07, 6.45) is 0.889. The Kier molecular flexibility index (Phi) is 4.09. The minimum absolute atomic E-state index is 0.119. The molecular weight excluding hydrogens is 232 g/mol. The van der Waals surface area contributed by atoms with Crippen LogP contribution in [-0.2, 0) is 11.2 Å². The maximum absolute atomic E-state index is 10.6. The second kappa shape index (κ2) is 5.77. The van der Waals surface area contributed by atoms with Crippen molar-refractivity contribution in [3.63, 3.8) is 0 Å². The lowest BCUT2D eigenvalue weighted by atomic mass is 10.3. The topological polar surface area (TPSA) is 69.6 Å². The average molecular weight is 250 g/mol. The van der Waals surface area contributed by atoms with Gasteiger partial charge in [-0.3, -0.25) is 9.69 Å². The first-order chi connectivity index (χ1) is 8.69. The molecule has 0 spiro atoms. The quantitative estimate of drug-likeness (QED) is 0.826. The van der Waals surface area contributed by atoms with Crippen molar-refractivity contribution in [1.82, 2.24) is 15.1 Å². The Hall–Kier alpha value is -1.69. The summed E-state index contributed by atoms with van der Waals surface area (Å²) < 4.78 is 0. The highest BCUT2D eigenvalue weighted by atomic mass is 16.4. The summed E-state index contributed by atoms with van der Waals surface area (Å²) in [5.41, 5.74) is 0.989. The smallest absolute Gasteiger partial charge is 0.317 e. The normalized spacial score (nSPS) is 16.8. The monoisotopic (exact) mass is 250 g/mol. The molecule has 0 amide bonds. The molecule has 1 aromatic rings. The van der Waals surface area contributed by atoms with Gasteiger partial charge >= 0.3 is 5.97 Å². The number of nitrogens with zero attached hydrogens (tertiary/aromatic N) is 4. The molecule has 0 aromatic carbocycles. The van der Waals surface area contributed by atoms with Gasteiger partial charge in [0, 0.05) is 26.2 Å². The van der Waals surface area contributed by atoms with Crippen molar-refractivity contribution in [3.8, 4) is 0 Å². The van der Waals surface area contributed by atoms with E-state index in [-0.39, 0.29) is 6.54 Å². The van der Waals surface area contributed by atoms with E-state index in [1.165, 1.54) is 0 Å². The zero-order chi connectivity index (χ0) is 13.0. The van der Waals surface area contributed by atoms with Crippen LogP contribution < -0.4 is 4.90 Å². The molecule has 0 saturated carbocycles. The van der Waals surface area contributed by atoms with Crippen molar-refractivity contribution in [3.05, 3.63) is 17.8 Å². The lowest BCUT2D eigenvalue weighted by Crippen LogP contribution is -2.48. The maximum Gasteiger partial charge on any atom is 0.317 e. The summed E-state index contributed by atoms with van der Waals surface area (Å²) in [5.74, 6) is 0.109. The van der Waals surface area contributed by atoms with Crippen LogP contribution in [0.1, 0.15) is 12.6 Å². The molecule has 1 aliphatic rings. The van der Waals surface area contributed by atoms with Crippen molar-refractivity contribution in [2.24, 2.45) is 0 Å². The molecule has 0 atom stereocenters. The molecule has 1 aliphatic heterocycles. The summed E-state index contributed by atoms with van der Waals surface area (Å²) in [5, 5.41) is 17.1. The number of aliphatic carboxylic acids is 1. The van der Waals surface area contributed by atoms with Crippen LogP contribution in [0.3, 0.4) is 0 Å². The highest BCUT2D eigenvalue weighted by Crippen LogP contribution is 2.12. The zero-order valence-corrected chi connectivity index (χ0v) is 10.5. The molecule has 18 heavy (non-hydrogen) atoms. The Labute approximate surface area is 106 Å². The number of carbonyl (C=O) groups is 1. The molecular formula is C12H18N4O2. The number of rotatable bonds is 4. The lowest BCUT2D eigenvalue weighted by molar-refractivity contribution is -0.138. The standard InChI is InChI=1S/C12H18N4O2/c1-2-10-3-4-11(14-13-10)16-7-5-15(6-8-16)9-12(17)18/h3-4H,2,5-9H2,1H3,(H,17,18). The molecule has 98 valence electrons. The Morgan fingerprint density at radius 1 is 1.28 bits per heavy atom. The number of aryl methyl sites for hydroxylation is 1. The van der Waals surface area contributed by atoms with E-state index >= 15 is 0 Å². The first kappa shape index (κ1) is 12.8. The van der Waals surface area contributed by atoms with Gasteiger partial charge in [-0.25, -0.2) is 0 Å². The lowest BCUT2D eigenvalue weighted by Gasteiger charge is -2.34. The van der Waals surface area contributed by atoms with Gasteiger partial charge in [-0.2, -0.15) is 5.10 Å². The van der Waals surface area contributed by atoms with Crippen LogP contribution in [0, 0.1) is 0 Å². The molecule has 6 nitrogen and oxygen atoms in total. The number of hydrogen-bond donors (Lipinski definition) is 1. The number of carboxylic acid groups (broad SMARTS) is 1. The number of aromatic nitrogens is 2. The van der Waals surface area contributed by atoms with Crippen LogP contribution in [0.5, 0.6) is 0 Å². The third kappa shape index (κ3) is 3.16. The van der Waals surface area contributed by atoms with E-state index in [4.69, 9.17) is 5.11 Å². The highest BCUT2D eigenvalue weighted by molar-refractivity contribution is 5.69. The average Bonchev–Trinajstić information content (AvgIpc) is 2.39. The van der Waals surface area contributed by atoms with E-state index in [0.29, 0.717) is 0 Å². The first-order valence-electron chi connectivity index (χ1n) is 6.20. The van der Waals surface area contributed by atoms with Crippen LogP contribution >= 0.6 is 0 Å². The Morgan fingerprint density at radius 2 is 2.00 bits per heavy atom. The van der Waals surface area contributed by atoms with E-state index in [0.717, 1.165) is 44.1 Å². The molecule has 1 fully saturated rings. The molecule has 1 aromatic heterocycles. The molecule has 1 N–H and O–H groups in total. The van der Waals surface area contributed by atoms with Crippen molar-refractivity contribution >= 4 is 11.8 Å². The maximum atomic E-state index is 10.6. The van der Waals surface area contributed by atoms with E-state index in [1.54, 1.807) is 0 Å². The van der Waals surface area contributed by atoms with Gasteiger partial charge in [0.05, 0.1) is 12.2 Å². The fourth-order valence-corrected chi connectivity index (χ4v) is 2.04. The van der Waals surface area contributed by atoms with E-state index in [9.17, 15) is 4.79 Å². The first-order valence-corrected chi connectivity index (χ1v) is 6.20. The van der Waals surface area contributed by atoms with Gasteiger partial charge < -0.3 is 10.0 Å². The summed E-state index contributed by atoms with van der Waals surface area (Å²) in [4.78, 5) is 14.7. The summed E-state index contributed by atoms with van der Waals surface area (Å²) in [7, 11) is 0. The molecule has 0 unspecified atom stereocenters. The highest BCUT2D eigenvalue weighted by Gasteiger charge is 2.19. The Bertz CT molecular complexity index is 399. The molecule has 0 bridgehead atoms. The van der Waals surface area contributed by atoms with Gasteiger partial charge in [-0.15, -0.1) is 5.10 Å². The predicted molar refractivity (Wildman–Crippen MR) is 67.7 cm³/mol. The largest absolute Gasteiger partial charge is 0.480 e. The zero-order valence-electron chi connectivity index (χ0n) is 10.5. The van der Waals surface area contributed by atoms with Crippen LogP contribution in [0.2, 0.25) is 0 Å². The van der Waals surface area contributed by atoms with Crippen molar-refractivity contribution in [1.29, 1.82) is 0 Å². The third-order valence-corrected chi connectivity index (χ3v) is 3.12. The van der Waals surface area contributed by atoms with E-state index in [1.807, 2.05) is 24.0 Å². The van der Waals surface area contributed by atoms with Gasteiger partial charge in [0.1, 0.15) is 0 Å². The second-order valence-corrected chi connectivity index (χ2v) is 4.39. The van der Waals surface area contributed by atoms with Gasteiger partial charge in [0.25, 0.3) is 0 Å². The third-order valence-electron chi connectivity index (χ3n) is 3.12. The van der Waals surface area contributed by atoms with Crippen molar-refractivity contribution < 1.29 is 9.90 Å². The van der Waals surface area contributed by atoms with E-state index in [2.05, 4.69) is 15.1 Å². The van der Waals surface area contributed by atoms with Crippen molar-refractivity contribution in [2.45, 2.75) is 13.3 Å². The second-order valence-electron chi connectivity index (χ2n) is 4.39. The van der Waals surface area contributed by atoms with Crippen molar-refractivity contribution in [2.75, 3.05) is 37.6 Å².